The maximum Gasteiger partial charge on any atom is 0.258 e. The summed E-state index contributed by atoms with van der Waals surface area (Å²) >= 11 is 6.74. The lowest BCUT2D eigenvalue weighted by molar-refractivity contribution is -0.129. The molecule has 1 amide bonds. The zero-order valence-corrected chi connectivity index (χ0v) is 13.6. The number of para-hydroxylation sites is 1. The van der Waals surface area contributed by atoms with Gasteiger partial charge < -0.3 is 10.6 Å². The topological polar surface area (TPSA) is 68.2 Å². The van der Waals surface area contributed by atoms with Crippen LogP contribution in [0.1, 0.15) is 6.92 Å². The Morgan fingerprint density at radius 2 is 2.14 bits per heavy atom. The standard InChI is InChI=1S/C14H18N4OS2/c1-3-18(10-15)13(19)12(9-21-2)17-14(20)16-11-7-5-4-6-8-11/h4-8,12H,3,9H2,1-2H3,(H2,16,17,20). The molecular weight excluding hydrogens is 304 g/mol. The first-order chi connectivity index (χ1) is 10.1. The van der Waals surface area contributed by atoms with Crippen LogP contribution in [0.3, 0.4) is 0 Å². The van der Waals surface area contributed by atoms with Gasteiger partial charge in [0.15, 0.2) is 11.3 Å². The molecule has 112 valence electrons. The summed E-state index contributed by atoms with van der Waals surface area (Å²) in [7, 11) is 0. The maximum atomic E-state index is 12.2. The summed E-state index contributed by atoms with van der Waals surface area (Å²) in [6.45, 7) is 2.11. The van der Waals surface area contributed by atoms with E-state index in [1.54, 1.807) is 6.92 Å². The Balaban J connectivity index is 2.67. The number of nitriles is 1. The number of anilines is 1. The summed E-state index contributed by atoms with van der Waals surface area (Å²) < 4.78 is 0. The highest BCUT2D eigenvalue weighted by Crippen LogP contribution is 2.06. The number of hydrogen-bond donors (Lipinski definition) is 2. The van der Waals surface area contributed by atoms with E-state index < -0.39 is 6.04 Å². The van der Waals surface area contributed by atoms with Crippen LogP contribution in [0, 0.1) is 11.5 Å². The van der Waals surface area contributed by atoms with Crippen LogP contribution in [0.15, 0.2) is 30.3 Å². The third kappa shape index (κ3) is 5.61. The normalized spacial score (nSPS) is 11.1. The van der Waals surface area contributed by atoms with Crippen molar-refractivity contribution in [1.82, 2.24) is 10.2 Å². The fourth-order valence-corrected chi connectivity index (χ4v) is 2.47. The van der Waals surface area contributed by atoms with Gasteiger partial charge in [-0.2, -0.15) is 17.0 Å². The summed E-state index contributed by atoms with van der Waals surface area (Å²) in [6, 6.07) is 8.94. The third-order valence-corrected chi connectivity index (χ3v) is 3.56. The number of carbonyl (C=O) groups is 1. The number of nitrogens with one attached hydrogen (secondary N) is 2. The van der Waals surface area contributed by atoms with Crippen LogP contribution in [-0.2, 0) is 4.79 Å². The van der Waals surface area contributed by atoms with Crippen molar-refractivity contribution >= 4 is 40.7 Å². The molecule has 5 nitrogen and oxygen atoms in total. The van der Waals surface area contributed by atoms with E-state index in [4.69, 9.17) is 17.5 Å². The van der Waals surface area contributed by atoms with Crippen molar-refractivity contribution in [1.29, 1.82) is 5.26 Å². The van der Waals surface area contributed by atoms with Gasteiger partial charge in [0.1, 0.15) is 6.04 Å². The number of rotatable bonds is 6. The number of benzene rings is 1. The Bertz CT molecular complexity index is 515. The molecular formula is C14H18N4OS2. The average molecular weight is 322 g/mol. The number of likely N-dealkylation sites (N-methyl/N-ethyl adjacent to an activating group) is 1. The highest BCUT2D eigenvalue weighted by molar-refractivity contribution is 7.98. The molecule has 1 unspecified atom stereocenters. The number of amides is 1. The fourth-order valence-electron chi connectivity index (χ4n) is 1.65. The number of thiocarbonyl (C=S) groups is 1. The Morgan fingerprint density at radius 1 is 1.48 bits per heavy atom. The minimum absolute atomic E-state index is 0.272. The monoisotopic (exact) mass is 322 g/mol. The smallest absolute Gasteiger partial charge is 0.258 e. The van der Waals surface area contributed by atoms with Crippen molar-refractivity contribution < 1.29 is 4.79 Å². The van der Waals surface area contributed by atoms with Crippen molar-refractivity contribution in [2.45, 2.75) is 13.0 Å². The van der Waals surface area contributed by atoms with Crippen LogP contribution < -0.4 is 10.6 Å². The van der Waals surface area contributed by atoms with Crippen LogP contribution in [0.5, 0.6) is 0 Å². The van der Waals surface area contributed by atoms with E-state index in [0.717, 1.165) is 10.6 Å². The molecule has 0 heterocycles. The van der Waals surface area contributed by atoms with Crippen molar-refractivity contribution in [3.8, 4) is 6.19 Å². The lowest BCUT2D eigenvalue weighted by Gasteiger charge is -2.22. The zero-order chi connectivity index (χ0) is 15.7. The van der Waals surface area contributed by atoms with Gasteiger partial charge in [-0.05, 0) is 37.5 Å². The summed E-state index contributed by atoms with van der Waals surface area (Å²) in [5, 5.41) is 15.3. The van der Waals surface area contributed by atoms with Crippen LogP contribution in [0.25, 0.3) is 0 Å². The number of nitrogens with zero attached hydrogens (tertiary/aromatic N) is 2. The fraction of sp³-hybridized carbons (Fsp3) is 0.357. The molecule has 7 heteroatoms. The molecule has 0 aromatic heterocycles. The molecule has 1 rings (SSSR count). The summed E-state index contributed by atoms with van der Waals surface area (Å²) in [6.07, 6.45) is 3.79. The van der Waals surface area contributed by atoms with E-state index in [1.807, 2.05) is 42.8 Å². The molecule has 0 radical (unpaired) electrons. The van der Waals surface area contributed by atoms with Crippen molar-refractivity contribution in [3.05, 3.63) is 30.3 Å². The third-order valence-electron chi connectivity index (χ3n) is 2.67. The molecule has 1 aromatic rings. The second-order valence-electron chi connectivity index (χ2n) is 4.15. The highest BCUT2D eigenvalue weighted by atomic mass is 32.2. The van der Waals surface area contributed by atoms with Gasteiger partial charge in [-0.1, -0.05) is 18.2 Å². The zero-order valence-electron chi connectivity index (χ0n) is 12.0. The minimum Gasteiger partial charge on any atom is -0.350 e. The molecule has 0 spiro atoms. The molecule has 0 saturated carbocycles. The number of thioether (sulfide) groups is 1. The highest BCUT2D eigenvalue weighted by Gasteiger charge is 2.23. The minimum atomic E-state index is -0.525. The molecule has 0 bridgehead atoms. The van der Waals surface area contributed by atoms with Gasteiger partial charge >= 0.3 is 0 Å². The Morgan fingerprint density at radius 3 is 2.67 bits per heavy atom. The molecule has 2 N–H and O–H groups in total. The summed E-state index contributed by atoms with van der Waals surface area (Å²) in [4.78, 5) is 13.3. The van der Waals surface area contributed by atoms with Gasteiger partial charge in [0.2, 0.25) is 0 Å². The van der Waals surface area contributed by atoms with Gasteiger partial charge in [-0.3, -0.25) is 4.79 Å². The van der Waals surface area contributed by atoms with Gasteiger partial charge in [-0.25, -0.2) is 4.90 Å². The quantitative estimate of drug-likeness (QED) is 0.474. The van der Waals surface area contributed by atoms with E-state index >= 15 is 0 Å². The second-order valence-corrected chi connectivity index (χ2v) is 5.47. The molecule has 1 aromatic carbocycles. The number of hydrogen-bond acceptors (Lipinski definition) is 4. The predicted octanol–water partition coefficient (Wildman–Crippen LogP) is 2.03. The van der Waals surface area contributed by atoms with Gasteiger partial charge in [0, 0.05) is 18.0 Å². The molecule has 0 aliphatic carbocycles. The van der Waals surface area contributed by atoms with E-state index in [1.165, 1.54) is 11.8 Å². The summed E-state index contributed by atoms with van der Waals surface area (Å²) in [5.41, 5.74) is 0.845. The van der Waals surface area contributed by atoms with Crippen molar-refractivity contribution in [2.24, 2.45) is 0 Å². The van der Waals surface area contributed by atoms with Crippen molar-refractivity contribution in [2.75, 3.05) is 23.9 Å². The maximum absolute atomic E-state index is 12.2. The van der Waals surface area contributed by atoms with Crippen LogP contribution in [-0.4, -0.2) is 40.5 Å². The Kier molecular flexibility index (Phi) is 7.58. The second kappa shape index (κ2) is 9.21. The van der Waals surface area contributed by atoms with Gasteiger partial charge in [0.25, 0.3) is 5.91 Å². The molecule has 1 atom stereocenters. The lowest BCUT2D eigenvalue weighted by Crippen LogP contribution is -2.49. The SMILES string of the molecule is CCN(C#N)C(=O)C(CSC)NC(=S)Nc1ccccc1. The largest absolute Gasteiger partial charge is 0.350 e. The van der Waals surface area contributed by atoms with Crippen LogP contribution in [0.4, 0.5) is 5.69 Å². The van der Waals surface area contributed by atoms with Crippen LogP contribution >= 0.6 is 24.0 Å². The van der Waals surface area contributed by atoms with E-state index in [2.05, 4.69) is 10.6 Å². The first-order valence-electron chi connectivity index (χ1n) is 6.45. The van der Waals surface area contributed by atoms with E-state index in [0.29, 0.717) is 17.4 Å². The van der Waals surface area contributed by atoms with E-state index in [-0.39, 0.29) is 5.91 Å². The average Bonchev–Trinajstić information content (AvgIpc) is 2.49. The van der Waals surface area contributed by atoms with Crippen molar-refractivity contribution in [3.63, 3.8) is 0 Å². The first-order valence-corrected chi connectivity index (χ1v) is 8.25. The lowest BCUT2D eigenvalue weighted by atomic mass is 10.3. The predicted molar refractivity (Wildman–Crippen MR) is 91.0 cm³/mol. The number of carbonyl (C=O) groups excluding carboxylic acids is 1. The summed E-state index contributed by atoms with van der Waals surface area (Å²) in [5.74, 6) is 0.264. The Hall–Kier alpha value is -1.78. The molecule has 0 saturated heterocycles. The van der Waals surface area contributed by atoms with Crippen LogP contribution in [0.2, 0.25) is 0 Å². The van der Waals surface area contributed by atoms with Gasteiger partial charge in [-0.15, -0.1) is 0 Å². The van der Waals surface area contributed by atoms with Gasteiger partial charge in [0.05, 0.1) is 0 Å². The Labute approximate surface area is 134 Å². The molecule has 0 fully saturated rings. The first kappa shape index (κ1) is 17.3. The van der Waals surface area contributed by atoms with E-state index in [9.17, 15) is 4.79 Å². The molecule has 21 heavy (non-hydrogen) atoms. The molecule has 0 aliphatic rings. The molecule has 0 aliphatic heterocycles.